The van der Waals surface area contributed by atoms with E-state index in [-0.39, 0.29) is 5.43 Å². The molecule has 2 aromatic heterocycles. The van der Waals surface area contributed by atoms with Gasteiger partial charge in [0.25, 0.3) is 0 Å². The van der Waals surface area contributed by atoms with Crippen LogP contribution in [0.4, 0.5) is 0 Å². The number of rotatable bonds is 0. The summed E-state index contributed by atoms with van der Waals surface area (Å²) in [6.07, 6.45) is 3.70. The summed E-state index contributed by atoms with van der Waals surface area (Å²) in [5.41, 5.74) is 0.0717. The molecule has 10 heavy (non-hydrogen) atoms. The molecular formula is C7H5NOS. The van der Waals surface area contributed by atoms with Crippen molar-refractivity contribution in [1.82, 2.24) is 4.40 Å². The summed E-state index contributed by atoms with van der Waals surface area (Å²) in [5, 5.41) is 1.95. The van der Waals surface area contributed by atoms with Crippen molar-refractivity contribution in [3.63, 3.8) is 0 Å². The monoisotopic (exact) mass is 151 g/mol. The first-order valence-corrected chi connectivity index (χ1v) is 3.80. The molecule has 0 fully saturated rings. The molecule has 50 valence electrons. The van der Waals surface area contributed by atoms with E-state index in [9.17, 15) is 4.79 Å². The topological polar surface area (TPSA) is 21.5 Å². The van der Waals surface area contributed by atoms with Crippen LogP contribution in [0.2, 0.25) is 0 Å². The lowest BCUT2D eigenvalue weighted by Crippen LogP contribution is -1.96. The van der Waals surface area contributed by atoms with E-state index in [1.54, 1.807) is 29.7 Å². The molecule has 2 aromatic rings. The Morgan fingerprint density at radius 1 is 1.40 bits per heavy atom. The smallest absolute Gasteiger partial charge is 0.183 e. The molecule has 0 saturated carbocycles. The molecule has 0 aliphatic heterocycles. The van der Waals surface area contributed by atoms with Gasteiger partial charge in [-0.2, -0.15) is 0 Å². The summed E-state index contributed by atoms with van der Waals surface area (Å²) >= 11 is 1.56. The average molecular weight is 151 g/mol. The second-order valence-electron chi connectivity index (χ2n) is 2.01. The Morgan fingerprint density at radius 3 is 3.20 bits per heavy atom. The van der Waals surface area contributed by atoms with Crippen molar-refractivity contribution in [2.24, 2.45) is 0 Å². The molecule has 0 bridgehead atoms. The lowest BCUT2D eigenvalue weighted by molar-refractivity contribution is 1.19. The van der Waals surface area contributed by atoms with Crippen LogP contribution in [0.5, 0.6) is 0 Å². The minimum atomic E-state index is 0.0717. The lowest BCUT2D eigenvalue weighted by atomic mass is 10.5. The van der Waals surface area contributed by atoms with E-state index in [0.29, 0.717) is 0 Å². The Kier molecular flexibility index (Phi) is 1.11. The zero-order valence-electron chi connectivity index (χ0n) is 5.15. The van der Waals surface area contributed by atoms with Gasteiger partial charge in [-0.3, -0.25) is 4.79 Å². The Balaban J connectivity index is 2.99. The molecule has 0 N–H and O–H groups in total. The van der Waals surface area contributed by atoms with E-state index >= 15 is 0 Å². The minimum Gasteiger partial charge on any atom is -0.314 e. The summed E-state index contributed by atoms with van der Waals surface area (Å²) in [5.74, 6) is 0. The highest BCUT2D eigenvalue weighted by atomic mass is 32.1. The van der Waals surface area contributed by atoms with E-state index in [1.807, 2.05) is 16.0 Å². The molecule has 0 aromatic carbocycles. The summed E-state index contributed by atoms with van der Waals surface area (Å²) in [7, 11) is 0. The van der Waals surface area contributed by atoms with Gasteiger partial charge in [0.15, 0.2) is 5.43 Å². The molecule has 0 amide bonds. The third-order valence-electron chi connectivity index (χ3n) is 1.33. The Morgan fingerprint density at radius 2 is 2.30 bits per heavy atom. The largest absolute Gasteiger partial charge is 0.314 e. The maximum Gasteiger partial charge on any atom is 0.183 e. The van der Waals surface area contributed by atoms with Crippen molar-refractivity contribution in [2.45, 2.75) is 0 Å². The molecule has 0 unspecified atom stereocenters. The summed E-state index contributed by atoms with van der Waals surface area (Å²) in [4.78, 5) is 11.8. The molecule has 0 saturated heterocycles. The van der Waals surface area contributed by atoms with Gasteiger partial charge in [0.2, 0.25) is 0 Å². The quantitative estimate of drug-likeness (QED) is 0.557. The molecule has 2 nitrogen and oxygen atoms in total. The highest BCUT2D eigenvalue weighted by Gasteiger charge is 1.90. The van der Waals surface area contributed by atoms with Crippen LogP contribution in [0.25, 0.3) is 4.83 Å². The van der Waals surface area contributed by atoms with E-state index in [2.05, 4.69) is 0 Å². The maximum atomic E-state index is 10.8. The van der Waals surface area contributed by atoms with Crippen LogP contribution in [0.3, 0.4) is 0 Å². The number of hydrogen-bond donors (Lipinski definition) is 0. The third-order valence-corrected chi connectivity index (χ3v) is 2.16. The van der Waals surface area contributed by atoms with E-state index in [1.165, 1.54) is 0 Å². The van der Waals surface area contributed by atoms with Gasteiger partial charge in [-0.05, 0) is 0 Å². The van der Waals surface area contributed by atoms with Crippen LogP contribution in [-0.2, 0) is 0 Å². The maximum absolute atomic E-state index is 10.8. The second kappa shape index (κ2) is 1.95. The Hall–Kier alpha value is -1.09. The van der Waals surface area contributed by atoms with Gasteiger partial charge in [-0.1, -0.05) is 0 Å². The number of thiazole rings is 1. The minimum absolute atomic E-state index is 0.0717. The number of hydrogen-bond acceptors (Lipinski definition) is 2. The predicted molar refractivity (Wildman–Crippen MR) is 41.5 cm³/mol. The van der Waals surface area contributed by atoms with E-state index < -0.39 is 0 Å². The summed E-state index contributed by atoms with van der Waals surface area (Å²) in [6, 6.07) is 3.18. The number of nitrogens with zero attached hydrogens (tertiary/aromatic N) is 1. The number of pyridine rings is 1. The highest BCUT2D eigenvalue weighted by molar-refractivity contribution is 7.15. The van der Waals surface area contributed by atoms with Crippen molar-refractivity contribution in [2.75, 3.05) is 0 Å². The zero-order valence-corrected chi connectivity index (χ0v) is 5.97. The normalized spacial score (nSPS) is 10.4. The Labute approximate surface area is 61.4 Å². The summed E-state index contributed by atoms with van der Waals surface area (Å²) < 4.78 is 1.92. The molecule has 0 spiro atoms. The second-order valence-corrected chi connectivity index (χ2v) is 2.94. The predicted octanol–water partition coefficient (Wildman–Crippen LogP) is 1.36. The third kappa shape index (κ3) is 0.752. The van der Waals surface area contributed by atoms with Crippen molar-refractivity contribution >= 4 is 16.2 Å². The zero-order chi connectivity index (χ0) is 6.97. The van der Waals surface area contributed by atoms with Crippen LogP contribution in [0.15, 0.2) is 34.7 Å². The van der Waals surface area contributed by atoms with Gasteiger partial charge in [-0.15, -0.1) is 11.3 Å². The number of aromatic nitrogens is 1. The first-order valence-electron chi connectivity index (χ1n) is 2.92. The van der Waals surface area contributed by atoms with Crippen molar-refractivity contribution < 1.29 is 0 Å². The standard InChI is InChI=1S/C7H5NOS/c9-6-1-2-8-3-4-10-7(8)5-6/h1-5H. The van der Waals surface area contributed by atoms with Crippen molar-refractivity contribution in [1.29, 1.82) is 0 Å². The van der Waals surface area contributed by atoms with Crippen LogP contribution in [0, 0.1) is 0 Å². The molecule has 2 rings (SSSR count). The molecule has 0 radical (unpaired) electrons. The molecule has 0 aliphatic carbocycles. The Bertz CT molecular complexity index is 401. The van der Waals surface area contributed by atoms with Gasteiger partial charge in [0, 0.05) is 29.9 Å². The summed E-state index contributed by atoms with van der Waals surface area (Å²) in [6.45, 7) is 0. The van der Waals surface area contributed by atoms with Gasteiger partial charge >= 0.3 is 0 Å². The van der Waals surface area contributed by atoms with Gasteiger partial charge in [0.1, 0.15) is 4.83 Å². The number of fused-ring (bicyclic) bond motifs is 1. The van der Waals surface area contributed by atoms with Gasteiger partial charge < -0.3 is 4.40 Å². The average Bonchev–Trinajstić information content (AvgIpc) is 2.33. The molecule has 3 heteroatoms. The van der Waals surface area contributed by atoms with E-state index in [0.717, 1.165) is 4.83 Å². The fraction of sp³-hybridized carbons (Fsp3) is 0. The molecule has 2 heterocycles. The van der Waals surface area contributed by atoms with Crippen LogP contribution < -0.4 is 5.43 Å². The SMILES string of the molecule is O=c1ccn2ccsc2c1. The van der Waals surface area contributed by atoms with Crippen LogP contribution in [-0.4, -0.2) is 4.40 Å². The van der Waals surface area contributed by atoms with Gasteiger partial charge in [-0.25, -0.2) is 0 Å². The fourth-order valence-corrected chi connectivity index (χ4v) is 1.61. The first kappa shape index (κ1) is 5.68. The first-order chi connectivity index (χ1) is 4.86. The lowest BCUT2D eigenvalue weighted by Gasteiger charge is -1.86. The fourth-order valence-electron chi connectivity index (χ4n) is 0.855. The van der Waals surface area contributed by atoms with Gasteiger partial charge in [0.05, 0.1) is 0 Å². The molecule has 0 aliphatic rings. The van der Waals surface area contributed by atoms with Crippen molar-refractivity contribution in [3.8, 4) is 0 Å². The van der Waals surface area contributed by atoms with Crippen LogP contribution in [0.1, 0.15) is 0 Å². The van der Waals surface area contributed by atoms with Crippen LogP contribution >= 0.6 is 11.3 Å². The van der Waals surface area contributed by atoms with Crippen molar-refractivity contribution in [3.05, 3.63) is 40.1 Å². The van der Waals surface area contributed by atoms with E-state index in [4.69, 9.17) is 0 Å². The molecule has 0 atom stereocenters. The highest BCUT2D eigenvalue weighted by Crippen LogP contribution is 2.06. The molecular weight excluding hydrogens is 146 g/mol.